The van der Waals surface area contributed by atoms with Crippen molar-refractivity contribution in [2.45, 2.75) is 16.3 Å². The fourth-order valence-electron chi connectivity index (χ4n) is 1.92. The van der Waals surface area contributed by atoms with E-state index in [1.807, 2.05) is 4.72 Å². The lowest BCUT2D eigenvalue weighted by Crippen LogP contribution is -2.47. The maximum atomic E-state index is 11.9. The van der Waals surface area contributed by atoms with Crippen molar-refractivity contribution in [3.63, 3.8) is 0 Å². The highest BCUT2D eigenvalue weighted by Crippen LogP contribution is 2.18. The molecule has 1 heterocycles. The quantitative estimate of drug-likeness (QED) is 0.749. The maximum absolute atomic E-state index is 11.9. The van der Waals surface area contributed by atoms with Gasteiger partial charge in [-0.15, -0.1) is 11.6 Å². The van der Waals surface area contributed by atoms with Crippen LogP contribution in [0.2, 0.25) is 0 Å². The zero-order valence-corrected chi connectivity index (χ0v) is 13.1. The van der Waals surface area contributed by atoms with Gasteiger partial charge >= 0.3 is 6.03 Å². The molecule has 0 radical (unpaired) electrons. The second kappa shape index (κ2) is 5.82. The molecule has 21 heavy (non-hydrogen) atoms. The summed E-state index contributed by atoms with van der Waals surface area (Å²) in [6, 6.07) is 5.52. The number of hydrogen-bond acceptors (Lipinski definition) is 5. The summed E-state index contributed by atoms with van der Waals surface area (Å²) in [6.45, 7) is 0. The van der Waals surface area contributed by atoms with Crippen molar-refractivity contribution in [3.05, 3.63) is 30.3 Å². The van der Waals surface area contributed by atoms with Crippen molar-refractivity contribution >= 4 is 37.5 Å². The van der Waals surface area contributed by atoms with Gasteiger partial charge in [-0.2, -0.15) is 0 Å². The molecular formula is C11H13ClN2O5S2. The highest BCUT2D eigenvalue weighted by Gasteiger charge is 2.37. The molecule has 7 nitrogen and oxygen atoms in total. The normalized spacial score (nSPS) is 24.4. The maximum Gasteiger partial charge on any atom is 0.328 e. The van der Waals surface area contributed by atoms with Gasteiger partial charge < -0.3 is 5.32 Å². The van der Waals surface area contributed by atoms with Gasteiger partial charge in [0.15, 0.2) is 9.84 Å². The van der Waals surface area contributed by atoms with Gasteiger partial charge in [0.25, 0.3) is 10.0 Å². The minimum Gasteiger partial charge on any atom is -0.332 e. The monoisotopic (exact) mass is 352 g/mol. The van der Waals surface area contributed by atoms with Crippen LogP contribution in [0.5, 0.6) is 0 Å². The van der Waals surface area contributed by atoms with Crippen LogP contribution in [-0.2, 0) is 19.9 Å². The molecule has 0 aliphatic carbocycles. The lowest BCUT2D eigenvalue weighted by molar-refractivity contribution is 0.243. The molecule has 1 aliphatic rings. The van der Waals surface area contributed by atoms with Crippen molar-refractivity contribution in [1.29, 1.82) is 0 Å². The number of urea groups is 1. The average Bonchev–Trinajstić information content (AvgIpc) is 2.62. The molecule has 2 unspecified atom stereocenters. The van der Waals surface area contributed by atoms with E-state index in [0.29, 0.717) is 0 Å². The largest absolute Gasteiger partial charge is 0.332 e. The fourth-order valence-corrected chi connectivity index (χ4v) is 5.40. The van der Waals surface area contributed by atoms with Gasteiger partial charge in [-0.3, -0.25) is 0 Å². The van der Waals surface area contributed by atoms with Crippen molar-refractivity contribution in [1.82, 2.24) is 10.0 Å². The summed E-state index contributed by atoms with van der Waals surface area (Å²) < 4.78 is 48.4. The molecule has 10 heteroatoms. The first-order valence-electron chi connectivity index (χ1n) is 5.92. The Labute approximate surface area is 127 Å². The topological polar surface area (TPSA) is 109 Å². The molecule has 2 rings (SSSR count). The first-order chi connectivity index (χ1) is 9.70. The van der Waals surface area contributed by atoms with Gasteiger partial charge in [0.05, 0.1) is 27.8 Å². The molecule has 0 bridgehead atoms. The Morgan fingerprint density at radius 2 is 1.81 bits per heavy atom. The second-order valence-corrected chi connectivity index (χ2v) is 8.99. The van der Waals surface area contributed by atoms with Crippen LogP contribution in [0.4, 0.5) is 4.79 Å². The third kappa shape index (κ3) is 4.08. The number of nitrogens with one attached hydrogen (secondary N) is 2. The standard InChI is InChI=1S/C11H13ClN2O5S2/c12-9-6-20(16,17)7-10(9)13-11(15)14-21(18,19)8-4-2-1-3-5-8/h1-5,9-10H,6-7H2,(H2,13,14,15). The molecular weight excluding hydrogens is 340 g/mol. The molecule has 116 valence electrons. The van der Waals surface area contributed by atoms with E-state index in [0.717, 1.165) is 0 Å². The predicted molar refractivity (Wildman–Crippen MR) is 77.4 cm³/mol. The summed E-state index contributed by atoms with van der Waals surface area (Å²) in [5.41, 5.74) is 0. The summed E-state index contributed by atoms with van der Waals surface area (Å²) in [4.78, 5) is 11.6. The van der Waals surface area contributed by atoms with Crippen LogP contribution in [0, 0.1) is 0 Å². The van der Waals surface area contributed by atoms with Crippen molar-refractivity contribution < 1.29 is 21.6 Å². The van der Waals surface area contributed by atoms with Gasteiger partial charge in [-0.25, -0.2) is 26.4 Å². The minimum absolute atomic E-state index is 0.0679. The van der Waals surface area contributed by atoms with Gasteiger partial charge in [-0.05, 0) is 12.1 Å². The molecule has 1 aromatic carbocycles. The zero-order valence-electron chi connectivity index (χ0n) is 10.7. The van der Waals surface area contributed by atoms with E-state index in [1.165, 1.54) is 24.3 Å². The third-order valence-corrected chi connectivity index (χ3v) is 6.60. The Bertz CT molecular complexity index is 733. The third-order valence-electron chi connectivity index (χ3n) is 2.88. The Morgan fingerprint density at radius 1 is 1.19 bits per heavy atom. The minimum atomic E-state index is -4.00. The summed E-state index contributed by atoms with van der Waals surface area (Å²) >= 11 is 5.82. The first-order valence-corrected chi connectivity index (χ1v) is 9.66. The Hall–Kier alpha value is -1.32. The predicted octanol–water partition coefficient (Wildman–Crippen LogP) is 0.0789. The molecule has 2 N–H and O–H groups in total. The number of alkyl halides is 1. The molecule has 0 saturated carbocycles. The lowest BCUT2D eigenvalue weighted by atomic mass is 10.2. The highest BCUT2D eigenvalue weighted by molar-refractivity contribution is 7.91. The van der Waals surface area contributed by atoms with E-state index in [-0.39, 0.29) is 16.4 Å². The number of carbonyl (C=O) groups excluding carboxylic acids is 1. The molecule has 1 saturated heterocycles. The summed E-state index contributed by atoms with van der Waals surface area (Å²) in [5.74, 6) is -0.551. The highest BCUT2D eigenvalue weighted by atomic mass is 35.5. The number of hydrogen-bond donors (Lipinski definition) is 2. The summed E-state index contributed by atoms with van der Waals surface area (Å²) in [6.07, 6.45) is 0. The summed E-state index contributed by atoms with van der Waals surface area (Å²) in [5, 5.41) is 1.49. The van der Waals surface area contributed by atoms with E-state index in [9.17, 15) is 21.6 Å². The average molecular weight is 353 g/mol. The summed E-state index contributed by atoms with van der Waals surface area (Å²) in [7, 11) is -7.31. The Morgan fingerprint density at radius 3 is 2.33 bits per heavy atom. The Balaban J connectivity index is 2.03. The van der Waals surface area contributed by atoms with Crippen molar-refractivity contribution in [2.75, 3.05) is 11.5 Å². The van der Waals surface area contributed by atoms with Crippen LogP contribution in [0.25, 0.3) is 0 Å². The van der Waals surface area contributed by atoms with E-state index < -0.39 is 37.3 Å². The molecule has 0 aromatic heterocycles. The lowest BCUT2D eigenvalue weighted by Gasteiger charge is -2.15. The van der Waals surface area contributed by atoms with Gasteiger partial charge in [0.2, 0.25) is 0 Å². The number of sulfonamides is 1. The number of carbonyl (C=O) groups is 1. The number of benzene rings is 1. The van der Waals surface area contributed by atoms with E-state index in [1.54, 1.807) is 6.07 Å². The Kier molecular flexibility index (Phi) is 4.45. The van der Waals surface area contributed by atoms with E-state index >= 15 is 0 Å². The molecule has 1 aromatic rings. The van der Waals surface area contributed by atoms with Gasteiger partial charge in [0, 0.05) is 0 Å². The van der Waals surface area contributed by atoms with Gasteiger partial charge in [-0.1, -0.05) is 18.2 Å². The number of sulfone groups is 1. The number of rotatable bonds is 3. The number of amides is 2. The van der Waals surface area contributed by atoms with Crippen LogP contribution >= 0.6 is 11.6 Å². The molecule has 2 atom stereocenters. The fraction of sp³-hybridized carbons (Fsp3) is 0.364. The van der Waals surface area contributed by atoms with Crippen LogP contribution in [0.1, 0.15) is 0 Å². The smallest absolute Gasteiger partial charge is 0.328 e. The van der Waals surface area contributed by atoms with Crippen molar-refractivity contribution in [3.8, 4) is 0 Å². The first kappa shape index (κ1) is 16.1. The molecule has 2 amide bonds. The SMILES string of the molecule is O=C(NC1CS(=O)(=O)CC1Cl)NS(=O)(=O)c1ccccc1. The molecule has 1 fully saturated rings. The van der Waals surface area contributed by atoms with Crippen LogP contribution in [-0.4, -0.2) is 45.8 Å². The van der Waals surface area contributed by atoms with Crippen LogP contribution < -0.4 is 10.0 Å². The second-order valence-electron chi connectivity index (χ2n) is 4.59. The van der Waals surface area contributed by atoms with E-state index in [2.05, 4.69) is 5.32 Å². The van der Waals surface area contributed by atoms with Crippen LogP contribution in [0.15, 0.2) is 35.2 Å². The molecule has 0 spiro atoms. The van der Waals surface area contributed by atoms with Gasteiger partial charge in [0.1, 0.15) is 0 Å². The van der Waals surface area contributed by atoms with Crippen LogP contribution in [0.3, 0.4) is 0 Å². The van der Waals surface area contributed by atoms with E-state index in [4.69, 9.17) is 11.6 Å². The zero-order chi connectivity index (χ0) is 15.7. The molecule has 1 aliphatic heterocycles. The number of halogens is 1. The van der Waals surface area contributed by atoms with Crippen molar-refractivity contribution in [2.24, 2.45) is 0 Å².